The second kappa shape index (κ2) is 6.32. The summed E-state index contributed by atoms with van der Waals surface area (Å²) in [5, 5.41) is 3.03. The van der Waals surface area contributed by atoms with Crippen LogP contribution >= 0.6 is 31.9 Å². The van der Waals surface area contributed by atoms with Gasteiger partial charge in [0.25, 0.3) is 0 Å². The molecule has 0 aliphatic carbocycles. The van der Waals surface area contributed by atoms with Crippen LogP contribution in [-0.4, -0.2) is 24.1 Å². The van der Waals surface area contributed by atoms with Gasteiger partial charge in [0.1, 0.15) is 6.04 Å². The Morgan fingerprint density at radius 3 is 2.88 bits per heavy atom. The molecule has 0 saturated heterocycles. The molecule has 88 valence electrons. The maximum absolute atomic E-state index is 11.1. The number of carbonyl (C=O) groups excluding carboxylic acids is 1. The minimum absolute atomic E-state index is 0.284. The molecule has 0 spiro atoms. The fourth-order valence-corrected chi connectivity index (χ4v) is 2.21. The van der Waals surface area contributed by atoms with Crippen molar-refractivity contribution in [2.24, 2.45) is 0 Å². The first-order chi connectivity index (χ1) is 7.54. The van der Waals surface area contributed by atoms with E-state index in [0.717, 1.165) is 14.6 Å². The molecule has 0 radical (unpaired) electrons. The maximum atomic E-state index is 11.1. The summed E-state index contributed by atoms with van der Waals surface area (Å²) >= 11 is 6.73. The third-order valence-corrected chi connectivity index (χ3v) is 3.13. The monoisotopic (exact) mass is 350 g/mol. The van der Waals surface area contributed by atoms with Crippen molar-refractivity contribution in [3.05, 3.63) is 26.9 Å². The summed E-state index contributed by atoms with van der Waals surface area (Å²) in [6.45, 7) is 2.25. The number of ether oxygens (including phenoxy) is 1. The average molecular weight is 352 g/mol. The highest BCUT2D eigenvalue weighted by atomic mass is 79.9. The second-order valence-electron chi connectivity index (χ2n) is 3.21. The van der Waals surface area contributed by atoms with E-state index >= 15 is 0 Å². The molecular weight excluding hydrogens is 340 g/mol. The second-order valence-corrected chi connectivity index (χ2v) is 4.98. The molecule has 0 fully saturated rings. The number of pyridine rings is 1. The highest BCUT2D eigenvalue weighted by molar-refractivity contribution is 9.11. The maximum Gasteiger partial charge on any atom is 0.322 e. The zero-order valence-corrected chi connectivity index (χ0v) is 12.1. The Balaban J connectivity index is 2.58. The van der Waals surface area contributed by atoms with Gasteiger partial charge in [-0.1, -0.05) is 0 Å². The molecule has 16 heavy (non-hydrogen) atoms. The molecule has 0 aromatic carbocycles. The standard InChI is InChI=1S/C10H12Br2N2O2/c1-6(10(15)16-2)13-5-9-8(12)3-7(11)4-14-9/h3-4,6,13H,5H2,1-2H3. The van der Waals surface area contributed by atoms with Gasteiger partial charge >= 0.3 is 5.97 Å². The van der Waals surface area contributed by atoms with Crippen LogP contribution in [0.25, 0.3) is 0 Å². The van der Waals surface area contributed by atoms with Crippen LogP contribution in [0.15, 0.2) is 21.2 Å². The first kappa shape index (κ1) is 13.6. The van der Waals surface area contributed by atoms with Gasteiger partial charge in [-0.25, -0.2) is 0 Å². The lowest BCUT2D eigenvalue weighted by atomic mass is 10.3. The summed E-state index contributed by atoms with van der Waals surface area (Å²) in [5.41, 5.74) is 0.846. The van der Waals surface area contributed by atoms with E-state index < -0.39 is 0 Å². The van der Waals surface area contributed by atoms with Crippen LogP contribution < -0.4 is 5.32 Å². The summed E-state index contributed by atoms with van der Waals surface area (Å²) in [6.07, 6.45) is 1.71. The zero-order valence-electron chi connectivity index (χ0n) is 8.96. The van der Waals surface area contributed by atoms with E-state index in [1.807, 2.05) is 6.07 Å². The lowest BCUT2D eigenvalue weighted by molar-refractivity contribution is -0.142. The molecule has 4 nitrogen and oxygen atoms in total. The fraction of sp³-hybridized carbons (Fsp3) is 0.400. The van der Waals surface area contributed by atoms with E-state index in [9.17, 15) is 4.79 Å². The first-order valence-electron chi connectivity index (χ1n) is 4.65. The van der Waals surface area contributed by atoms with Crippen LogP contribution in [0.3, 0.4) is 0 Å². The summed E-state index contributed by atoms with van der Waals surface area (Å²) in [4.78, 5) is 15.4. The number of esters is 1. The van der Waals surface area contributed by atoms with Gasteiger partial charge in [0.15, 0.2) is 0 Å². The van der Waals surface area contributed by atoms with Crippen molar-refractivity contribution in [1.82, 2.24) is 10.3 Å². The third-order valence-electron chi connectivity index (χ3n) is 2.01. The molecule has 1 heterocycles. The number of rotatable bonds is 4. The van der Waals surface area contributed by atoms with Crippen LogP contribution in [0.5, 0.6) is 0 Å². The van der Waals surface area contributed by atoms with Gasteiger partial charge in [-0.05, 0) is 44.8 Å². The number of aromatic nitrogens is 1. The Bertz CT molecular complexity index is 385. The molecule has 0 aliphatic heterocycles. The summed E-state index contributed by atoms with van der Waals surface area (Å²) in [5.74, 6) is -0.284. The van der Waals surface area contributed by atoms with Gasteiger partial charge < -0.3 is 4.74 Å². The van der Waals surface area contributed by atoms with Gasteiger partial charge in [-0.3, -0.25) is 15.1 Å². The van der Waals surface area contributed by atoms with Crippen LogP contribution in [0.4, 0.5) is 0 Å². The van der Waals surface area contributed by atoms with Crippen LogP contribution in [-0.2, 0) is 16.1 Å². The van der Waals surface area contributed by atoms with Gasteiger partial charge in [-0.15, -0.1) is 0 Å². The lowest BCUT2D eigenvalue weighted by Crippen LogP contribution is -2.34. The van der Waals surface area contributed by atoms with E-state index in [1.54, 1.807) is 13.1 Å². The predicted octanol–water partition coefficient (Wildman–Crippen LogP) is 2.26. The summed E-state index contributed by atoms with van der Waals surface area (Å²) < 4.78 is 6.41. The molecule has 1 aromatic heterocycles. The number of nitrogens with one attached hydrogen (secondary N) is 1. The summed E-state index contributed by atoms with van der Waals surface area (Å²) in [7, 11) is 1.37. The van der Waals surface area contributed by atoms with Crippen molar-refractivity contribution >= 4 is 37.8 Å². The van der Waals surface area contributed by atoms with Crippen LogP contribution in [0.1, 0.15) is 12.6 Å². The molecule has 6 heteroatoms. The molecular formula is C10H12Br2N2O2. The van der Waals surface area contributed by atoms with Crippen molar-refractivity contribution in [3.8, 4) is 0 Å². The average Bonchev–Trinajstić information content (AvgIpc) is 2.26. The molecule has 1 atom stereocenters. The smallest absolute Gasteiger partial charge is 0.322 e. The SMILES string of the molecule is COC(=O)C(C)NCc1ncc(Br)cc1Br. The van der Waals surface area contributed by atoms with E-state index in [1.165, 1.54) is 7.11 Å². The molecule has 0 bridgehead atoms. The topological polar surface area (TPSA) is 51.2 Å². The number of hydrogen-bond acceptors (Lipinski definition) is 4. The minimum atomic E-state index is -0.345. The van der Waals surface area contributed by atoms with Crippen molar-refractivity contribution in [3.63, 3.8) is 0 Å². The Morgan fingerprint density at radius 2 is 2.31 bits per heavy atom. The molecule has 1 unspecified atom stereocenters. The van der Waals surface area contributed by atoms with E-state index in [-0.39, 0.29) is 12.0 Å². The predicted molar refractivity (Wildman–Crippen MR) is 68.0 cm³/mol. The molecule has 1 N–H and O–H groups in total. The van der Waals surface area contributed by atoms with E-state index in [2.05, 4.69) is 46.9 Å². The molecule has 1 rings (SSSR count). The molecule has 0 aliphatic rings. The Morgan fingerprint density at radius 1 is 1.62 bits per heavy atom. The van der Waals surface area contributed by atoms with E-state index in [0.29, 0.717) is 6.54 Å². The number of methoxy groups -OCH3 is 1. The first-order valence-corrected chi connectivity index (χ1v) is 6.24. The normalized spacial score (nSPS) is 12.2. The molecule has 1 aromatic rings. The van der Waals surface area contributed by atoms with Crippen molar-refractivity contribution in [1.29, 1.82) is 0 Å². The zero-order chi connectivity index (χ0) is 12.1. The van der Waals surface area contributed by atoms with Crippen molar-refractivity contribution in [2.75, 3.05) is 7.11 Å². The lowest BCUT2D eigenvalue weighted by Gasteiger charge is -2.11. The van der Waals surface area contributed by atoms with Crippen LogP contribution in [0.2, 0.25) is 0 Å². The fourth-order valence-electron chi connectivity index (χ4n) is 1.08. The van der Waals surface area contributed by atoms with Gasteiger partial charge in [0.2, 0.25) is 0 Å². The van der Waals surface area contributed by atoms with Gasteiger partial charge in [0.05, 0.1) is 12.8 Å². The van der Waals surface area contributed by atoms with Gasteiger partial charge in [-0.2, -0.15) is 0 Å². The van der Waals surface area contributed by atoms with Crippen molar-refractivity contribution in [2.45, 2.75) is 19.5 Å². The highest BCUT2D eigenvalue weighted by Gasteiger charge is 2.12. The number of nitrogens with zero attached hydrogens (tertiary/aromatic N) is 1. The minimum Gasteiger partial charge on any atom is -0.468 e. The number of hydrogen-bond donors (Lipinski definition) is 1. The number of carbonyl (C=O) groups is 1. The highest BCUT2D eigenvalue weighted by Crippen LogP contribution is 2.19. The molecule has 0 amide bonds. The molecule has 0 saturated carbocycles. The van der Waals surface area contributed by atoms with Crippen LogP contribution in [0, 0.1) is 0 Å². The van der Waals surface area contributed by atoms with E-state index in [4.69, 9.17) is 0 Å². The third kappa shape index (κ3) is 3.84. The Kier molecular flexibility index (Phi) is 5.37. The van der Waals surface area contributed by atoms with Gasteiger partial charge in [0, 0.05) is 21.7 Å². The van der Waals surface area contributed by atoms with Crippen molar-refractivity contribution < 1.29 is 9.53 Å². The Labute approximate surface area is 111 Å². The largest absolute Gasteiger partial charge is 0.468 e. The Hall–Kier alpha value is -0.460. The summed E-state index contributed by atoms with van der Waals surface area (Å²) in [6, 6.07) is 1.56. The quantitative estimate of drug-likeness (QED) is 0.845. The number of halogens is 2.